The molecule has 0 atom stereocenters. The summed E-state index contributed by atoms with van der Waals surface area (Å²) in [5.41, 5.74) is 6.71. The van der Waals surface area contributed by atoms with Crippen molar-refractivity contribution in [3.8, 4) is 5.75 Å². The first-order valence-electron chi connectivity index (χ1n) is 10.8. The molecule has 0 spiro atoms. The fraction of sp³-hybridized carbons (Fsp3) is 0.423. The standard InChI is InChI=1S/C26H32O3/c1-20-8-6-11-22(18-20)25-12-5-3-2-4-10-23(25)19-29-24-16-14-21(15-17-24)9-7-13-26(27)28/h6,8,11,14-18H,2-5,7,9-10,12-13,19H2,1H3,(H,27,28)/b25-23-. The van der Waals surface area contributed by atoms with Crippen molar-refractivity contribution in [3.63, 3.8) is 0 Å². The zero-order chi connectivity index (χ0) is 20.5. The summed E-state index contributed by atoms with van der Waals surface area (Å²) in [5.74, 6) is 0.145. The van der Waals surface area contributed by atoms with Crippen molar-refractivity contribution < 1.29 is 14.6 Å². The van der Waals surface area contributed by atoms with E-state index in [1.807, 2.05) is 24.3 Å². The van der Waals surface area contributed by atoms with E-state index in [0.717, 1.165) is 30.6 Å². The molecule has 0 saturated heterocycles. The molecule has 0 aliphatic heterocycles. The van der Waals surface area contributed by atoms with Gasteiger partial charge in [0.15, 0.2) is 0 Å². The summed E-state index contributed by atoms with van der Waals surface area (Å²) >= 11 is 0. The minimum absolute atomic E-state index is 0.216. The van der Waals surface area contributed by atoms with Crippen LogP contribution in [-0.4, -0.2) is 17.7 Å². The molecule has 29 heavy (non-hydrogen) atoms. The summed E-state index contributed by atoms with van der Waals surface area (Å²) < 4.78 is 6.17. The lowest BCUT2D eigenvalue weighted by Gasteiger charge is -2.20. The third kappa shape index (κ3) is 6.77. The van der Waals surface area contributed by atoms with Crippen LogP contribution in [0.2, 0.25) is 0 Å². The molecule has 154 valence electrons. The van der Waals surface area contributed by atoms with Gasteiger partial charge in [0.1, 0.15) is 12.4 Å². The van der Waals surface area contributed by atoms with Crippen LogP contribution in [0.25, 0.3) is 5.57 Å². The third-order valence-electron chi connectivity index (χ3n) is 5.64. The Morgan fingerprint density at radius 3 is 2.48 bits per heavy atom. The van der Waals surface area contributed by atoms with Gasteiger partial charge in [0, 0.05) is 6.42 Å². The molecule has 0 amide bonds. The molecule has 1 N–H and O–H groups in total. The van der Waals surface area contributed by atoms with Crippen molar-refractivity contribution in [1.82, 2.24) is 0 Å². The van der Waals surface area contributed by atoms with Crippen molar-refractivity contribution in [2.45, 2.75) is 64.7 Å². The Kier molecular flexibility index (Phi) is 7.92. The number of ether oxygens (including phenoxy) is 1. The fourth-order valence-electron chi connectivity index (χ4n) is 4.03. The van der Waals surface area contributed by atoms with E-state index in [0.29, 0.717) is 13.0 Å². The van der Waals surface area contributed by atoms with Crippen molar-refractivity contribution in [2.75, 3.05) is 6.61 Å². The number of carboxylic acids is 1. The molecule has 0 saturated carbocycles. The van der Waals surface area contributed by atoms with E-state index < -0.39 is 5.97 Å². The highest BCUT2D eigenvalue weighted by atomic mass is 16.5. The summed E-state index contributed by atoms with van der Waals surface area (Å²) in [7, 11) is 0. The Bertz CT molecular complexity index is 833. The number of allylic oxidation sites excluding steroid dienone is 1. The first-order chi connectivity index (χ1) is 14.1. The second-order valence-electron chi connectivity index (χ2n) is 8.05. The molecule has 0 fully saturated rings. The van der Waals surface area contributed by atoms with Gasteiger partial charge in [-0.15, -0.1) is 0 Å². The Labute approximate surface area is 174 Å². The first-order valence-corrected chi connectivity index (χ1v) is 10.8. The highest BCUT2D eigenvalue weighted by molar-refractivity contribution is 5.69. The predicted molar refractivity (Wildman–Crippen MR) is 118 cm³/mol. The Hall–Kier alpha value is -2.55. The molecule has 2 aromatic carbocycles. The number of aliphatic carboxylic acids is 1. The van der Waals surface area contributed by atoms with Gasteiger partial charge < -0.3 is 9.84 Å². The maximum Gasteiger partial charge on any atom is 0.303 e. The molecule has 2 aromatic rings. The summed E-state index contributed by atoms with van der Waals surface area (Å²) in [6, 6.07) is 16.9. The Morgan fingerprint density at radius 1 is 1.00 bits per heavy atom. The van der Waals surface area contributed by atoms with Crippen molar-refractivity contribution in [3.05, 3.63) is 70.8 Å². The van der Waals surface area contributed by atoms with Crippen LogP contribution < -0.4 is 4.74 Å². The lowest BCUT2D eigenvalue weighted by Crippen LogP contribution is -2.07. The van der Waals surface area contributed by atoms with Crippen LogP contribution in [0.3, 0.4) is 0 Å². The molecule has 0 aromatic heterocycles. The normalized spacial score (nSPS) is 17.4. The minimum Gasteiger partial charge on any atom is -0.489 e. The number of hydrogen-bond acceptors (Lipinski definition) is 2. The number of benzene rings is 2. The summed E-state index contributed by atoms with van der Waals surface area (Å²) in [4.78, 5) is 10.6. The molecular weight excluding hydrogens is 360 g/mol. The van der Waals surface area contributed by atoms with Crippen LogP contribution in [0.1, 0.15) is 68.1 Å². The summed E-state index contributed by atoms with van der Waals surface area (Å²) in [6.07, 6.45) is 9.00. The van der Waals surface area contributed by atoms with Gasteiger partial charge in [-0.1, -0.05) is 54.8 Å². The average Bonchev–Trinajstić information content (AvgIpc) is 2.68. The molecule has 3 nitrogen and oxygen atoms in total. The van der Waals surface area contributed by atoms with E-state index in [9.17, 15) is 4.79 Å². The van der Waals surface area contributed by atoms with Gasteiger partial charge in [0.25, 0.3) is 0 Å². The molecule has 0 radical (unpaired) electrons. The monoisotopic (exact) mass is 392 g/mol. The van der Waals surface area contributed by atoms with Gasteiger partial charge in [-0.2, -0.15) is 0 Å². The SMILES string of the molecule is Cc1cccc(/C2=C(\COc3ccc(CCCC(=O)O)cc3)CCCCCC2)c1. The van der Waals surface area contributed by atoms with E-state index in [4.69, 9.17) is 9.84 Å². The van der Waals surface area contributed by atoms with Crippen LogP contribution in [0.4, 0.5) is 0 Å². The van der Waals surface area contributed by atoms with Crippen LogP contribution in [0, 0.1) is 6.92 Å². The van der Waals surface area contributed by atoms with E-state index in [2.05, 4.69) is 31.2 Å². The predicted octanol–water partition coefficient (Wildman–Crippen LogP) is 6.59. The summed E-state index contributed by atoms with van der Waals surface area (Å²) in [6.45, 7) is 2.79. The van der Waals surface area contributed by atoms with Gasteiger partial charge in [-0.3, -0.25) is 4.79 Å². The molecule has 3 rings (SSSR count). The van der Waals surface area contributed by atoms with Gasteiger partial charge in [0.2, 0.25) is 0 Å². The van der Waals surface area contributed by atoms with Crippen LogP contribution in [0.15, 0.2) is 54.1 Å². The van der Waals surface area contributed by atoms with E-state index >= 15 is 0 Å². The molecule has 0 heterocycles. The third-order valence-corrected chi connectivity index (χ3v) is 5.64. The van der Waals surface area contributed by atoms with Crippen molar-refractivity contribution in [1.29, 1.82) is 0 Å². The Balaban J connectivity index is 1.68. The molecule has 0 unspecified atom stereocenters. The average molecular weight is 393 g/mol. The van der Waals surface area contributed by atoms with Gasteiger partial charge in [-0.25, -0.2) is 0 Å². The minimum atomic E-state index is -0.734. The largest absolute Gasteiger partial charge is 0.489 e. The second-order valence-corrected chi connectivity index (χ2v) is 8.05. The Morgan fingerprint density at radius 2 is 1.76 bits per heavy atom. The quantitative estimate of drug-likeness (QED) is 0.551. The van der Waals surface area contributed by atoms with Gasteiger partial charge >= 0.3 is 5.97 Å². The number of hydrogen-bond donors (Lipinski definition) is 1. The van der Waals surface area contributed by atoms with E-state index in [-0.39, 0.29) is 6.42 Å². The van der Waals surface area contributed by atoms with Crippen LogP contribution >= 0.6 is 0 Å². The lowest BCUT2D eigenvalue weighted by molar-refractivity contribution is -0.137. The molecular formula is C26H32O3. The highest BCUT2D eigenvalue weighted by Crippen LogP contribution is 2.31. The summed E-state index contributed by atoms with van der Waals surface area (Å²) in [5, 5.41) is 8.76. The number of carboxylic acid groups (broad SMARTS) is 1. The number of rotatable bonds is 8. The molecule has 0 bridgehead atoms. The topological polar surface area (TPSA) is 46.5 Å². The van der Waals surface area contributed by atoms with Gasteiger partial charge in [0.05, 0.1) is 0 Å². The van der Waals surface area contributed by atoms with E-state index in [1.165, 1.54) is 48.0 Å². The van der Waals surface area contributed by atoms with Crippen molar-refractivity contribution in [2.24, 2.45) is 0 Å². The zero-order valence-corrected chi connectivity index (χ0v) is 17.5. The number of aryl methyl sites for hydroxylation is 2. The molecule has 1 aliphatic carbocycles. The van der Waals surface area contributed by atoms with Crippen molar-refractivity contribution >= 4 is 11.5 Å². The fourth-order valence-corrected chi connectivity index (χ4v) is 4.03. The second kappa shape index (κ2) is 10.8. The van der Waals surface area contributed by atoms with Gasteiger partial charge in [-0.05, 0) is 79.9 Å². The molecule has 1 aliphatic rings. The highest BCUT2D eigenvalue weighted by Gasteiger charge is 2.13. The zero-order valence-electron chi connectivity index (χ0n) is 17.5. The van der Waals surface area contributed by atoms with Crippen LogP contribution in [-0.2, 0) is 11.2 Å². The lowest BCUT2D eigenvalue weighted by atomic mass is 9.89. The maximum absolute atomic E-state index is 10.6. The van der Waals surface area contributed by atoms with E-state index in [1.54, 1.807) is 0 Å². The number of carbonyl (C=O) groups is 1. The smallest absolute Gasteiger partial charge is 0.303 e. The molecule has 3 heteroatoms. The first kappa shape index (κ1) is 21.2. The maximum atomic E-state index is 10.6. The van der Waals surface area contributed by atoms with Crippen LogP contribution in [0.5, 0.6) is 5.75 Å².